The lowest BCUT2D eigenvalue weighted by Crippen LogP contribution is -2.09. The first kappa shape index (κ1) is 11.5. The van der Waals surface area contributed by atoms with E-state index in [4.69, 9.17) is 0 Å². The van der Waals surface area contributed by atoms with Crippen molar-refractivity contribution in [1.29, 1.82) is 0 Å². The number of rotatable bonds is 1. The largest absolute Gasteiger partial charge is 0.316 e. The first-order chi connectivity index (χ1) is 6.83. The molecule has 2 atom stereocenters. The summed E-state index contributed by atoms with van der Waals surface area (Å²) in [7, 11) is 0. The third kappa shape index (κ3) is 2.11. The van der Waals surface area contributed by atoms with E-state index in [1.807, 2.05) is 0 Å². The predicted molar refractivity (Wildman–Crippen MR) is 67.3 cm³/mol. The lowest BCUT2D eigenvalue weighted by molar-refractivity contribution is 0.536. The number of nitrogens with zero attached hydrogens (tertiary/aromatic N) is 2. The number of hydrogen-bond donors (Lipinski definition) is 1. The fourth-order valence-electron chi connectivity index (χ4n) is 2.28. The van der Waals surface area contributed by atoms with Crippen molar-refractivity contribution in [2.45, 2.75) is 6.42 Å². The smallest absolute Gasteiger partial charge is 0.209 e. The highest BCUT2D eigenvalue weighted by Crippen LogP contribution is 2.38. The number of fused-ring (bicyclic) bond motifs is 1. The molecule has 0 aromatic carbocycles. The summed E-state index contributed by atoms with van der Waals surface area (Å²) in [6.07, 6.45) is 3.54. The molecule has 1 aromatic rings. The van der Waals surface area contributed by atoms with Gasteiger partial charge in [0.15, 0.2) is 0 Å². The highest BCUT2D eigenvalue weighted by atomic mass is 79.9. The minimum Gasteiger partial charge on any atom is -0.316 e. The molecule has 1 aliphatic carbocycles. The van der Waals surface area contributed by atoms with Gasteiger partial charge in [-0.3, -0.25) is 0 Å². The maximum Gasteiger partial charge on any atom is 0.209 e. The minimum absolute atomic E-state index is 0. The SMILES string of the molecule is Brc1nsc(C2=C[C@@H]3CNC[C@@H]3C2)n1.Cl. The van der Waals surface area contributed by atoms with Crippen molar-refractivity contribution in [2.75, 3.05) is 13.1 Å². The zero-order chi connectivity index (χ0) is 9.54. The lowest BCUT2D eigenvalue weighted by atomic mass is 10.00. The zero-order valence-electron chi connectivity index (χ0n) is 7.94. The van der Waals surface area contributed by atoms with E-state index in [1.54, 1.807) is 0 Å². The second kappa shape index (κ2) is 4.49. The Morgan fingerprint density at radius 2 is 2.33 bits per heavy atom. The monoisotopic (exact) mass is 307 g/mol. The number of allylic oxidation sites excluding steroid dienone is 1. The van der Waals surface area contributed by atoms with E-state index in [2.05, 4.69) is 36.7 Å². The van der Waals surface area contributed by atoms with Crippen molar-refractivity contribution in [2.24, 2.45) is 11.8 Å². The van der Waals surface area contributed by atoms with Crippen molar-refractivity contribution in [3.63, 3.8) is 0 Å². The molecule has 3 nitrogen and oxygen atoms in total. The van der Waals surface area contributed by atoms with Crippen LogP contribution in [0.2, 0.25) is 0 Å². The van der Waals surface area contributed by atoms with Gasteiger partial charge in [0, 0.05) is 6.54 Å². The molecular weight excluding hydrogens is 298 g/mol. The lowest BCUT2D eigenvalue weighted by Gasteiger charge is -2.04. The molecule has 15 heavy (non-hydrogen) atoms. The summed E-state index contributed by atoms with van der Waals surface area (Å²) in [5.74, 6) is 1.53. The fourth-order valence-corrected chi connectivity index (χ4v) is 3.39. The van der Waals surface area contributed by atoms with Crippen LogP contribution in [-0.4, -0.2) is 22.4 Å². The second-order valence-electron chi connectivity index (χ2n) is 3.85. The van der Waals surface area contributed by atoms with E-state index in [0.717, 1.165) is 29.9 Å². The quantitative estimate of drug-likeness (QED) is 0.865. The molecule has 0 saturated carbocycles. The Hall–Kier alpha value is 0.0300. The zero-order valence-corrected chi connectivity index (χ0v) is 11.2. The van der Waals surface area contributed by atoms with Crippen LogP contribution in [0.3, 0.4) is 0 Å². The standard InChI is InChI=1S/C9H10BrN3S.ClH/c10-9-12-8(14-13-9)5-1-6-3-11-4-7(6)2-5;/h1,6-7,11H,2-4H2;1H/t6-,7+;/m1./s1. The van der Waals surface area contributed by atoms with Crippen LogP contribution in [-0.2, 0) is 0 Å². The molecule has 1 saturated heterocycles. The van der Waals surface area contributed by atoms with E-state index in [-0.39, 0.29) is 12.4 Å². The molecule has 2 heterocycles. The number of aromatic nitrogens is 2. The van der Waals surface area contributed by atoms with E-state index < -0.39 is 0 Å². The van der Waals surface area contributed by atoms with Crippen LogP contribution < -0.4 is 5.32 Å². The van der Waals surface area contributed by atoms with E-state index in [9.17, 15) is 0 Å². The molecule has 0 unspecified atom stereocenters. The van der Waals surface area contributed by atoms with Crippen LogP contribution in [0.15, 0.2) is 10.8 Å². The molecule has 0 radical (unpaired) electrons. The Labute approximate surface area is 107 Å². The molecule has 0 amide bonds. The maximum absolute atomic E-state index is 4.36. The third-order valence-corrected chi connectivity index (χ3v) is 4.35. The molecular formula is C9H11BrClN3S. The number of hydrogen-bond acceptors (Lipinski definition) is 4. The summed E-state index contributed by atoms with van der Waals surface area (Å²) < 4.78 is 4.86. The average Bonchev–Trinajstić information content (AvgIpc) is 2.75. The van der Waals surface area contributed by atoms with Gasteiger partial charge in [-0.1, -0.05) is 6.08 Å². The maximum atomic E-state index is 4.36. The molecule has 82 valence electrons. The summed E-state index contributed by atoms with van der Waals surface area (Å²) in [4.78, 5) is 4.36. The van der Waals surface area contributed by atoms with Gasteiger partial charge in [0.05, 0.1) is 0 Å². The van der Waals surface area contributed by atoms with Crippen molar-refractivity contribution >= 4 is 45.4 Å². The molecule has 1 aliphatic heterocycles. The Kier molecular flexibility index (Phi) is 3.45. The topological polar surface area (TPSA) is 37.8 Å². The van der Waals surface area contributed by atoms with Gasteiger partial charge in [-0.05, 0) is 57.8 Å². The molecule has 6 heteroatoms. The summed E-state index contributed by atoms with van der Waals surface area (Å²) in [6.45, 7) is 2.29. The van der Waals surface area contributed by atoms with Crippen LogP contribution in [0.5, 0.6) is 0 Å². The van der Waals surface area contributed by atoms with Gasteiger partial charge in [0.1, 0.15) is 5.01 Å². The van der Waals surface area contributed by atoms with Crippen molar-refractivity contribution in [3.05, 3.63) is 15.8 Å². The first-order valence-corrected chi connectivity index (χ1v) is 6.30. The van der Waals surface area contributed by atoms with Gasteiger partial charge in [0.2, 0.25) is 4.73 Å². The first-order valence-electron chi connectivity index (χ1n) is 4.74. The molecule has 1 N–H and O–H groups in total. The normalized spacial score (nSPS) is 28.5. The highest BCUT2D eigenvalue weighted by molar-refractivity contribution is 9.10. The second-order valence-corrected chi connectivity index (χ2v) is 5.31. The summed E-state index contributed by atoms with van der Waals surface area (Å²) >= 11 is 4.78. The van der Waals surface area contributed by atoms with Gasteiger partial charge in [0.25, 0.3) is 0 Å². The number of nitrogens with one attached hydrogen (secondary N) is 1. The molecule has 1 aromatic heterocycles. The summed E-state index contributed by atoms with van der Waals surface area (Å²) in [6, 6.07) is 0. The van der Waals surface area contributed by atoms with Crippen LogP contribution in [0.1, 0.15) is 11.4 Å². The Morgan fingerprint density at radius 1 is 1.47 bits per heavy atom. The Morgan fingerprint density at radius 3 is 3.00 bits per heavy atom. The van der Waals surface area contributed by atoms with Crippen molar-refractivity contribution in [3.8, 4) is 0 Å². The van der Waals surface area contributed by atoms with Gasteiger partial charge in [-0.15, -0.1) is 12.4 Å². The third-order valence-electron chi connectivity index (χ3n) is 2.97. The van der Waals surface area contributed by atoms with Crippen LogP contribution in [0.25, 0.3) is 5.57 Å². The van der Waals surface area contributed by atoms with Gasteiger partial charge >= 0.3 is 0 Å². The number of halogens is 2. The van der Waals surface area contributed by atoms with Crippen LogP contribution in [0.4, 0.5) is 0 Å². The molecule has 0 bridgehead atoms. The van der Waals surface area contributed by atoms with Gasteiger partial charge < -0.3 is 5.32 Å². The Balaban J connectivity index is 0.000000853. The average molecular weight is 309 g/mol. The highest BCUT2D eigenvalue weighted by Gasteiger charge is 2.32. The summed E-state index contributed by atoms with van der Waals surface area (Å²) in [5, 5.41) is 4.50. The van der Waals surface area contributed by atoms with Gasteiger partial charge in [-0.2, -0.15) is 4.37 Å². The molecule has 0 spiro atoms. The predicted octanol–water partition coefficient (Wildman–Crippen LogP) is 2.35. The molecule has 3 rings (SSSR count). The van der Waals surface area contributed by atoms with E-state index in [1.165, 1.54) is 23.5 Å². The molecule has 2 aliphatic rings. The van der Waals surface area contributed by atoms with Crippen LogP contribution >= 0.6 is 39.9 Å². The van der Waals surface area contributed by atoms with Crippen molar-refractivity contribution < 1.29 is 0 Å². The van der Waals surface area contributed by atoms with Crippen molar-refractivity contribution in [1.82, 2.24) is 14.7 Å². The summed E-state index contributed by atoms with van der Waals surface area (Å²) in [5.41, 5.74) is 1.39. The minimum atomic E-state index is 0. The van der Waals surface area contributed by atoms with Crippen LogP contribution in [0, 0.1) is 11.8 Å². The fraction of sp³-hybridized carbons (Fsp3) is 0.556. The van der Waals surface area contributed by atoms with Gasteiger partial charge in [-0.25, -0.2) is 4.98 Å². The van der Waals surface area contributed by atoms with E-state index in [0.29, 0.717) is 4.73 Å². The Bertz CT molecular complexity index is 392. The molecule has 1 fully saturated rings. The van der Waals surface area contributed by atoms with E-state index >= 15 is 0 Å².